The van der Waals surface area contributed by atoms with E-state index >= 15 is 0 Å². The summed E-state index contributed by atoms with van der Waals surface area (Å²) in [7, 11) is 1.91. The SMILES string of the molecule is CC(=O)C(=O)C1Cc2c(c3ccccc3n2C)C(=O)C1Cn1ccnc1C. The number of aromatic nitrogens is 3. The average Bonchev–Trinajstić information content (AvgIpc) is 3.18. The van der Waals surface area contributed by atoms with Gasteiger partial charge in [-0.3, -0.25) is 14.4 Å². The number of benzene rings is 1. The number of imidazole rings is 1. The minimum atomic E-state index is -0.646. The summed E-state index contributed by atoms with van der Waals surface area (Å²) in [5, 5.41) is 0.904. The van der Waals surface area contributed by atoms with Gasteiger partial charge in [0, 0.05) is 61.0 Å². The summed E-state index contributed by atoms with van der Waals surface area (Å²) < 4.78 is 3.85. The minimum Gasteiger partial charge on any atom is -0.347 e. The number of carbonyl (C=O) groups excluding carboxylic acids is 3. The van der Waals surface area contributed by atoms with Crippen molar-refractivity contribution in [3.63, 3.8) is 0 Å². The number of hydrogen-bond acceptors (Lipinski definition) is 4. The Bertz CT molecular complexity index is 1090. The van der Waals surface area contributed by atoms with Crippen molar-refractivity contribution >= 4 is 28.3 Å². The summed E-state index contributed by atoms with van der Waals surface area (Å²) in [6, 6.07) is 7.76. The highest BCUT2D eigenvalue weighted by Gasteiger charge is 2.43. The van der Waals surface area contributed by atoms with E-state index in [1.165, 1.54) is 6.92 Å². The van der Waals surface area contributed by atoms with E-state index in [9.17, 15) is 14.4 Å². The maximum atomic E-state index is 13.5. The molecule has 1 aliphatic rings. The van der Waals surface area contributed by atoms with Gasteiger partial charge >= 0.3 is 0 Å². The molecular formula is C21H21N3O3. The molecule has 1 aromatic carbocycles. The van der Waals surface area contributed by atoms with Crippen molar-refractivity contribution in [2.45, 2.75) is 26.8 Å². The Labute approximate surface area is 156 Å². The van der Waals surface area contributed by atoms with Crippen molar-refractivity contribution in [2.75, 3.05) is 0 Å². The highest BCUT2D eigenvalue weighted by Crippen LogP contribution is 2.38. The molecule has 2 aromatic heterocycles. The molecule has 0 aliphatic heterocycles. The number of nitrogens with zero attached hydrogens (tertiary/aromatic N) is 3. The maximum absolute atomic E-state index is 13.5. The smallest absolute Gasteiger partial charge is 0.202 e. The Balaban J connectivity index is 1.87. The molecule has 0 N–H and O–H groups in total. The van der Waals surface area contributed by atoms with Crippen molar-refractivity contribution in [2.24, 2.45) is 18.9 Å². The van der Waals surface area contributed by atoms with Gasteiger partial charge in [0.25, 0.3) is 0 Å². The maximum Gasteiger partial charge on any atom is 0.202 e. The first-order chi connectivity index (χ1) is 12.9. The van der Waals surface area contributed by atoms with Crippen LogP contribution in [0, 0.1) is 18.8 Å². The van der Waals surface area contributed by atoms with Gasteiger partial charge in [0.05, 0.1) is 5.92 Å². The Kier molecular flexibility index (Phi) is 4.06. The Morgan fingerprint density at radius 2 is 2.00 bits per heavy atom. The summed E-state index contributed by atoms with van der Waals surface area (Å²) >= 11 is 0. The van der Waals surface area contributed by atoms with Crippen molar-refractivity contribution in [1.82, 2.24) is 14.1 Å². The van der Waals surface area contributed by atoms with Gasteiger partial charge in [-0.1, -0.05) is 18.2 Å². The number of ketones is 3. The second-order valence-corrected chi connectivity index (χ2v) is 7.23. The van der Waals surface area contributed by atoms with E-state index < -0.39 is 23.4 Å². The molecule has 0 saturated carbocycles. The van der Waals surface area contributed by atoms with Crippen LogP contribution >= 0.6 is 0 Å². The summed E-state index contributed by atoms with van der Waals surface area (Å²) in [4.78, 5) is 42.2. The topological polar surface area (TPSA) is 74.0 Å². The summed E-state index contributed by atoms with van der Waals surface area (Å²) in [6.45, 7) is 3.48. The van der Waals surface area contributed by atoms with Crippen LogP contribution in [0.3, 0.4) is 0 Å². The van der Waals surface area contributed by atoms with Crippen LogP contribution in [-0.2, 0) is 29.6 Å². The third-order valence-electron chi connectivity index (χ3n) is 5.71. The molecule has 2 heterocycles. The Morgan fingerprint density at radius 1 is 1.26 bits per heavy atom. The van der Waals surface area contributed by atoms with Gasteiger partial charge in [-0.2, -0.15) is 0 Å². The van der Waals surface area contributed by atoms with Crippen molar-refractivity contribution in [1.29, 1.82) is 0 Å². The van der Waals surface area contributed by atoms with Crippen LogP contribution < -0.4 is 0 Å². The number of aryl methyl sites for hydroxylation is 2. The van der Waals surface area contributed by atoms with Crippen molar-refractivity contribution < 1.29 is 14.4 Å². The van der Waals surface area contributed by atoms with Crippen LogP contribution in [0.15, 0.2) is 36.7 Å². The molecule has 1 aliphatic carbocycles. The normalized spacial score (nSPS) is 19.3. The van der Waals surface area contributed by atoms with E-state index in [0.717, 1.165) is 22.4 Å². The first-order valence-electron chi connectivity index (χ1n) is 9.03. The van der Waals surface area contributed by atoms with Crippen molar-refractivity contribution in [3.8, 4) is 0 Å². The number of rotatable bonds is 4. The molecule has 0 spiro atoms. The van der Waals surface area contributed by atoms with Gasteiger partial charge in [0.1, 0.15) is 5.82 Å². The fraction of sp³-hybridized carbons (Fsp3) is 0.333. The van der Waals surface area contributed by atoms with Crippen LogP contribution in [0.1, 0.15) is 28.8 Å². The second-order valence-electron chi connectivity index (χ2n) is 7.23. The molecule has 4 rings (SSSR count). The first kappa shape index (κ1) is 17.4. The van der Waals surface area contributed by atoms with E-state index in [-0.39, 0.29) is 5.78 Å². The average molecular weight is 363 g/mol. The molecule has 0 bridgehead atoms. The zero-order valence-electron chi connectivity index (χ0n) is 15.6. The lowest BCUT2D eigenvalue weighted by molar-refractivity contribution is -0.138. The minimum absolute atomic E-state index is 0.0687. The molecule has 0 amide bonds. The fourth-order valence-electron chi connectivity index (χ4n) is 4.23. The molecule has 6 heteroatoms. The predicted molar refractivity (Wildman–Crippen MR) is 101 cm³/mol. The lowest BCUT2D eigenvalue weighted by Gasteiger charge is -2.30. The van der Waals surface area contributed by atoms with Crippen LogP contribution in [0.4, 0.5) is 0 Å². The lowest BCUT2D eigenvalue weighted by atomic mass is 9.74. The molecular weight excluding hydrogens is 342 g/mol. The molecule has 3 aromatic rings. The van der Waals surface area contributed by atoms with E-state index in [0.29, 0.717) is 18.5 Å². The van der Waals surface area contributed by atoms with E-state index in [2.05, 4.69) is 4.98 Å². The van der Waals surface area contributed by atoms with Gasteiger partial charge in [-0.25, -0.2) is 4.98 Å². The first-order valence-corrected chi connectivity index (χ1v) is 9.03. The van der Waals surface area contributed by atoms with Gasteiger partial charge in [0.15, 0.2) is 11.6 Å². The highest BCUT2D eigenvalue weighted by molar-refractivity contribution is 6.38. The summed E-state index contributed by atoms with van der Waals surface area (Å²) in [5.74, 6) is -1.48. The van der Waals surface area contributed by atoms with Gasteiger partial charge < -0.3 is 9.13 Å². The molecule has 27 heavy (non-hydrogen) atoms. The van der Waals surface area contributed by atoms with Crippen LogP contribution in [0.2, 0.25) is 0 Å². The number of carbonyl (C=O) groups is 3. The standard InChI is InChI=1S/C21H21N3O3/c1-12(25)20(26)15-10-18-19(14-6-4-5-7-17(14)23(18)3)21(27)16(15)11-24-9-8-22-13(24)2/h4-9,15-16H,10-11H2,1-3H3. The van der Waals surface area contributed by atoms with Crippen molar-refractivity contribution in [3.05, 3.63) is 53.7 Å². The third kappa shape index (κ3) is 2.63. The Morgan fingerprint density at radius 3 is 2.67 bits per heavy atom. The van der Waals surface area contributed by atoms with Gasteiger partial charge in [-0.15, -0.1) is 0 Å². The summed E-state index contributed by atoms with van der Waals surface area (Å²) in [5.41, 5.74) is 2.48. The lowest BCUT2D eigenvalue weighted by Crippen LogP contribution is -2.41. The highest BCUT2D eigenvalue weighted by atomic mass is 16.2. The van der Waals surface area contributed by atoms with Crippen LogP contribution in [-0.4, -0.2) is 31.5 Å². The zero-order valence-corrected chi connectivity index (χ0v) is 15.6. The molecule has 2 unspecified atom stereocenters. The number of Topliss-reactive ketones (excluding diaryl/α,β-unsaturated/α-hetero) is 3. The van der Waals surface area contributed by atoms with E-state index in [1.807, 2.05) is 47.4 Å². The molecule has 6 nitrogen and oxygen atoms in total. The van der Waals surface area contributed by atoms with E-state index in [1.54, 1.807) is 12.4 Å². The predicted octanol–water partition coefficient (Wildman–Crippen LogP) is 2.51. The molecule has 0 fully saturated rings. The summed E-state index contributed by atoms with van der Waals surface area (Å²) in [6.07, 6.45) is 3.87. The number of fused-ring (bicyclic) bond motifs is 3. The van der Waals surface area contributed by atoms with Crippen LogP contribution in [0.25, 0.3) is 10.9 Å². The zero-order chi connectivity index (χ0) is 19.3. The fourth-order valence-corrected chi connectivity index (χ4v) is 4.23. The quantitative estimate of drug-likeness (QED) is 0.668. The molecule has 0 saturated heterocycles. The molecule has 0 radical (unpaired) electrons. The monoisotopic (exact) mass is 363 g/mol. The van der Waals surface area contributed by atoms with Gasteiger partial charge in [-0.05, 0) is 19.4 Å². The van der Waals surface area contributed by atoms with E-state index in [4.69, 9.17) is 0 Å². The number of para-hydroxylation sites is 1. The second kappa shape index (κ2) is 6.30. The largest absolute Gasteiger partial charge is 0.347 e. The van der Waals surface area contributed by atoms with Crippen LogP contribution in [0.5, 0.6) is 0 Å². The molecule has 2 atom stereocenters. The molecule has 138 valence electrons. The van der Waals surface area contributed by atoms with Gasteiger partial charge in [0.2, 0.25) is 5.78 Å². The Hall–Kier alpha value is -3.02. The number of hydrogen-bond donors (Lipinski definition) is 0. The third-order valence-corrected chi connectivity index (χ3v) is 5.71.